The second-order valence-corrected chi connectivity index (χ2v) is 10.3. The molecule has 2 fully saturated rings. The normalized spacial score (nSPS) is 19.4. The number of carbonyl (C=O) groups is 3. The number of unbranched alkanes of at least 4 members (excludes halogenated alkanes) is 1. The van der Waals surface area contributed by atoms with Gasteiger partial charge < -0.3 is 24.7 Å². The number of carbonyl (C=O) groups excluding carboxylic acids is 3. The SMILES string of the molecule is CCCN1C(=O)[C@H](CCCCNC(=O)OCc2ccccc2)NC(=O)C12CCN(C/C=C/c1ccco1)CC2. The molecule has 2 aliphatic rings. The Morgan fingerprint density at radius 2 is 1.95 bits per heavy atom. The smallest absolute Gasteiger partial charge is 0.407 e. The summed E-state index contributed by atoms with van der Waals surface area (Å²) in [4.78, 5) is 43.0. The highest BCUT2D eigenvalue weighted by Gasteiger charge is 2.52. The number of furan rings is 1. The minimum absolute atomic E-state index is 0.0119. The molecule has 9 nitrogen and oxygen atoms in total. The third-order valence-corrected chi connectivity index (χ3v) is 7.53. The molecular formula is C30H40N4O5. The maximum Gasteiger partial charge on any atom is 0.407 e. The number of likely N-dealkylation sites (tertiary alicyclic amines) is 1. The Morgan fingerprint density at radius 3 is 2.67 bits per heavy atom. The highest BCUT2D eigenvalue weighted by Crippen LogP contribution is 2.34. The first kappa shape index (κ1) is 28.4. The minimum Gasteiger partial charge on any atom is -0.465 e. The predicted molar refractivity (Wildman–Crippen MR) is 149 cm³/mol. The minimum atomic E-state index is -0.769. The van der Waals surface area contributed by atoms with E-state index >= 15 is 0 Å². The lowest BCUT2D eigenvalue weighted by Gasteiger charge is -2.51. The number of hydrogen-bond donors (Lipinski definition) is 2. The van der Waals surface area contributed by atoms with E-state index in [2.05, 4.69) is 21.6 Å². The molecule has 4 rings (SSSR count). The Balaban J connectivity index is 1.21. The second kappa shape index (κ2) is 14.0. The zero-order chi connectivity index (χ0) is 27.5. The van der Waals surface area contributed by atoms with Gasteiger partial charge in [-0.2, -0.15) is 0 Å². The van der Waals surface area contributed by atoms with Gasteiger partial charge in [-0.3, -0.25) is 14.5 Å². The van der Waals surface area contributed by atoms with Crippen molar-refractivity contribution < 1.29 is 23.5 Å². The molecule has 0 bridgehead atoms. The summed E-state index contributed by atoms with van der Waals surface area (Å²) in [6.07, 6.45) is 9.22. The van der Waals surface area contributed by atoms with Gasteiger partial charge >= 0.3 is 6.09 Å². The van der Waals surface area contributed by atoms with E-state index in [1.165, 1.54) is 0 Å². The van der Waals surface area contributed by atoms with Gasteiger partial charge in [0.25, 0.3) is 0 Å². The van der Waals surface area contributed by atoms with Crippen molar-refractivity contribution >= 4 is 24.0 Å². The van der Waals surface area contributed by atoms with Crippen molar-refractivity contribution in [3.8, 4) is 0 Å². The van der Waals surface area contributed by atoms with Crippen LogP contribution in [0.15, 0.2) is 59.2 Å². The average Bonchev–Trinajstić information content (AvgIpc) is 3.47. The van der Waals surface area contributed by atoms with Crippen LogP contribution in [0, 0.1) is 0 Å². The molecule has 39 heavy (non-hydrogen) atoms. The number of amides is 3. The first-order chi connectivity index (χ1) is 19.0. The molecule has 2 N–H and O–H groups in total. The van der Waals surface area contributed by atoms with E-state index in [1.54, 1.807) is 6.26 Å². The Labute approximate surface area is 230 Å². The van der Waals surface area contributed by atoms with Crippen molar-refractivity contribution in [2.24, 2.45) is 0 Å². The molecule has 2 aliphatic heterocycles. The first-order valence-corrected chi connectivity index (χ1v) is 14.0. The zero-order valence-electron chi connectivity index (χ0n) is 22.8. The predicted octanol–water partition coefficient (Wildman–Crippen LogP) is 3.96. The summed E-state index contributed by atoms with van der Waals surface area (Å²) in [7, 11) is 0. The molecule has 1 atom stereocenters. The van der Waals surface area contributed by atoms with Crippen LogP contribution >= 0.6 is 0 Å². The van der Waals surface area contributed by atoms with Crippen molar-refractivity contribution in [1.82, 2.24) is 20.4 Å². The third kappa shape index (κ3) is 7.50. The quantitative estimate of drug-likeness (QED) is 0.398. The van der Waals surface area contributed by atoms with Gasteiger partial charge in [-0.25, -0.2) is 4.79 Å². The number of alkyl carbamates (subject to hydrolysis) is 1. The van der Waals surface area contributed by atoms with Crippen LogP contribution in [0.5, 0.6) is 0 Å². The molecule has 0 unspecified atom stereocenters. The fourth-order valence-corrected chi connectivity index (χ4v) is 5.36. The van der Waals surface area contributed by atoms with E-state index in [4.69, 9.17) is 9.15 Å². The number of nitrogens with one attached hydrogen (secondary N) is 2. The Hall–Kier alpha value is -3.59. The Kier molecular flexibility index (Phi) is 10.2. The van der Waals surface area contributed by atoms with E-state index < -0.39 is 17.7 Å². The number of ether oxygens (including phenoxy) is 1. The van der Waals surface area contributed by atoms with Gasteiger partial charge in [0.1, 0.15) is 23.9 Å². The molecule has 1 aromatic heterocycles. The number of rotatable bonds is 12. The summed E-state index contributed by atoms with van der Waals surface area (Å²) in [6.45, 7) is 5.57. The summed E-state index contributed by atoms with van der Waals surface area (Å²) in [5.41, 5.74) is 0.163. The maximum atomic E-state index is 13.5. The van der Waals surface area contributed by atoms with Crippen molar-refractivity contribution in [2.75, 3.05) is 32.7 Å². The summed E-state index contributed by atoms with van der Waals surface area (Å²) in [6, 6.07) is 12.8. The Morgan fingerprint density at radius 1 is 1.15 bits per heavy atom. The fourth-order valence-electron chi connectivity index (χ4n) is 5.36. The highest BCUT2D eigenvalue weighted by molar-refractivity contribution is 6.00. The average molecular weight is 537 g/mol. The van der Waals surface area contributed by atoms with Gasteiger partial charge in [0.2, 0.25) is 11.8 Å². The molecule has 3 amide bonds. The van der Waals surface area contributed by atoms with Crippen LogP contribution in [-0.4, -0.2) is 72.0 Å². The molecule has 1 aromatic carbocycles. The molecule has 9 heteroatoms. The van der Waals surface area contributed by atoms with E-state index in [0.29, 0.717) is 45.2 Å². The van der Waals surface area contributed by atoms with Crippen molar-refractivity contribution in [2.45, 2.75) is 63.6 Å². The van der Waals surface area contributed by atoms with E-state index in [-0.39, 0.29) is 18.4 Å². The van der Waals surface area contributed by atoms with E-state index in [1.807, 2.05) is 60.4 Å². The van der Waals surface area contributed by atoms with Crippen molar-refractivity contribution in [1.29, 1.82) is 0 Å². The van der Waals surface area contributed by atoms with Crippen LogP contribution in [-0.2, 0) is 20.9 Å². The van der Waals surface area contributed by atoms with Gasteiger partial charge in [0, 0.05) is 32.7 Å². The van der Waals surface area contributed by atoms with Gasteiger partial charge in [-0.15, -0.1) is 0 Å². The molecular weight excluding hydrogens is 496 g/mol. The van der Waals surface area contributed by atoms with Crippen molar-refractivity contribution in [3.63, 3.8) is 0 Å². The molecule has 0 radical (unpaired) electrons. The van der Waals surface area contributed by atoms with Crippen LogP contribution in [0.2, 0.25) is 0 Å². The summed E-state index contributed by atoms with van der Waals surface area (Å²) < 4.78 is 10.6. The number of piperidine rings is 1. The van der Waals surface area contributed by atoms with Crippen molar-refractivity contribution in [3.05, 3.63) is 66.1 Å². The van der Waals surface area contributed by atoms with Gasteiger partial charge in [-0.05, 0) is 62.3 Å². The first-order valence-electron chi connectivity index (χ1n) is 14.0. The third-order valence-electron chi connectivity index (χ3n) is 7.53. The summed E-state index contributed by atoms with van der Waals surface area (Å²) in [5, 5.41) is 5.80. The van der Waals surface area contributed by atoms with Crippen LogP contribution in [0.1, 0.15) is 56.8 Å². The summed E-state index contributed by atoms with van der Waals surface area (Å²) >= 11 is 0. The molecule has 1 spiro atoms. The van der Waals surface area contributed by atoms with Crippen LogP contribution < -0.4 is 10.6 Å². The molecule has 0 saturated carbocycles. The number of nitrogens with zero attached hydrogens (tertiary/aromatic N) is 2. The highest BCUT2D eigenvalue weighted by atomic mass is 16.5. The standard InChI is InChI=1S/C30H40N4O5/c1-2-18-34-27(35)26(14-6-7-17-31-29(37)39-23-24-10-4-3-5-11-24)32-28(36)30(34)15-20-33(21-16-30)19-8-12-25-13-9-22-38-25/h3-5,8-13,22,26H,2,6-7,14-21,23H2,1H3,(H,31,37)(H,32,36)/b12-8+/t26-/m0/s1. The summed E-state index contributed by atoms with van der Waals surface area (Å²) in [5.74, 6) is 0.798. The molecule has 210 valence electrons. The molecule has 0 aliphatic carbocycles. The lowest BCUT2D eigenvalue weighted by atomic mass is 9.81. The second-order valence-electron chi connectivity index (χ2n) is 10.3. The monoisotopic (exact) mass is 536 g/mol. The largest absolute Gasteiger partial charge is 0.465 e. The van der Waals surface area contributed by atoms with Gasteiger partial charge in [0.05, 0.1) is 6.26 Å². The molecule has 3 heterocycles. The van der Waals surface area contributed by atoms with Gasteiger partial charge in [0.15, 0.2) is 0 Å². The number of hydrogen-bond acceptors (Lipinski definition) is 6. The zero-order valence-corrected chi connectivity index (χ0v) is 22.8. The fraction of sp³-hybridized carbons (Fsp3) is 0.500. The number of piperazine rings is 1. The molecule has 2 saturated heterocycles. The Bertz CT molecular complexity index is 1090. The van der Waals surface area contributed by atoms with E-state index in [9.17, 15) is 14.4 Å². The van der Waals surface area contributed by atoms with Crippen LogP contribution in [0.4, 0.5) is 4.79 Å². The lowest BCUT2D eigenvalue weighted by molar-refractivity contribution is -0.161. The van der Waals surface area contributed by atoms with Crippen LogP contribution in [0.25, 0.3) is 6.08 Å². The molecule has 2 aromatic rings. The van der Waals surface area contributed by atoms with Crippen LogP contribution in [0.3, 0.4) is 0 Å². The van der Waals surface area contributed by atoms with Gasteiger partial charge in [-0.1, -0.05) is 43.3 Å². The number of benzene rings is 1. The van der Waals surface area contributed by atoms with E-state index in [0.717, 1.165) is 37.4 Å². The topological polar surface area (TPSA) is 104 Å². The maximum absolute atomic E-state index is 13.5. The lowest BCUT2D eigenvalue weighted by Crippen LogP contribution is -2.72.